The van der Waals surface area contributed by atoms with Crippen molar-refractivity contribution in [1.29, 1.82) is 0 Å². The molecule has 15 heavy (non-hydrogen) atoms. The van der Waals surface area contributed by atoms with Crippen molar-refractivity contribution >= 4 is 10.9 Å². The number of para-hydroxylation sites is 1. The van der Waals surface area contributed by atoms with E-state index in [2.05, 4.69) is 54.7 Å². The van der Waals surface area contributed by atoms with Crippen LogP contribution in [0.4, 0.5) is 0 Å². The minimum absolute atomic E-state index is 1.31. The number of benzene rings is 1. The predicted molar refractivity (Wildman–Crippen MR) is 69.1 cm³/mol. The van der Waals surface area contributed by atoms with E-state index in [1.54, 1.807) is 0 Å². The topological polar surface area (TPSA) is 30.9 Å². The average Bonchev–Trinajstić information content (AvgIpc) is 2.61. The van der Waals surface area contributed by atoms with E-state index in [0.717, 1.165) is 0 Å². The third-order valence-electron chi connectivity index (χ3n) is 2.10. The van der Waals surface area contributed by atoms with Gasteiger partial charge in [0.25, 0.3) is 0 Å². The van der Waals surface area contributed by atoms with Crippen LogP contribution in [0.1, 0.15) is 19.4 Å². The summed E-state index contributed by atoms with van der Waals surface area (Å²) in [7, 11) is 3.58. The lowest BCUT2D eigenvalue weighted by atomic mass is 10.2. The highest BCUT2D eigenvalue weighted by Gasteiger charge is 1.98. The summed E-state index contributed by atoms with van der Waals surface area (Å²) in [5.41, 5.74) is 7.16. The Morgan fingerprint density at radius 1 is 1.07 bits per heavy atom. The van der Waals surface area contributed by atoms with E-state index in [1.165, 1.54) is 23.5 Å². The van der Waals surface area contributed by atoms with Gasteiger partial charge in [0.15, 0.2) is 0 Å². The molecular formula is C13H22N2. The molecule has 2 nitrogen and oxygen atoms in total. The van der Waals surface area contributed by atoms with Gasteiger partial charge in [0.05, 0.1) is 0 Å². The smallest absolute Gasteiger partial charge is 0.0480 e. The van der Waals surface area contributed by atoms with Gasteiger partial charge in [-0.2, -0.15) is 0 Å². The zero-order valence-electron chi connectivity index (χ0n) is 10.4. The molecule has 2 aromatic rings. The highest BCUT2D eigenvalue weighted by atomic mass is 14.9. The molecule has 0 fully saturated rings. The largest absolute Gasteiger partial charge is 0.350 e. The van der Waals surface area contributed by atoms with Crippen LogP contribution in [-0.4, -0.2) is 11.6 Å². The summed E-state index contributed by atoms with van der Waals surface area (Å²) in [4.78, 5) is 0. The maximum Gasteiger partial charge on any atom is 0.0480 e. The maximum atomic E-state index is 4.50. The van der Waals surface area contributed by atoms with Crippen molar-refractivity contribution in [3.8, 4) is 0 Å². The maximum absolute atomic E-state index is 4.50. The third kappa shape index (κ3) is 3.10. The zero-order chi connectivity index (χ0) is 11.8. The molecule has 2 heteroatoms. The van der Waals surface area contributed by atoms with Crippen LogP contribution < -0.4 is 5.73 Å². The highest BCUT2D eigenvalue weighted by molar-refractivity contribution is 5.83. The number of hydrogen-bond donors (Lipinski definition) is 1. The van der Waals surface area contributed by atoms with E-state index < -0.39 is 0 Å². The monoisotopic (exact) mass is 206 g/mol. The molecule has 0 saturated heterocycles. The van der Waals surface area contributed by atoms with Crippen molar-refractivity contribution in [1.82, 2.24) is 4.57 Å². The molecule has 0 radical (unpaired) electrons. The van der Waals surface area contributed by atoms with Crippen molar-refractivity contribution in [2.45, 2.75) is 20.8 Å². The van der Waals surface area contributed by atoms with Gasteiger partial charge in [-0.25, -0.2) is 0 Å². The average molecular weight is 206 g/mol. The van der Waals surface area contributed by atoms with Crippen LogP contribution in [0.3, 0.4) is 0 Å². The molecule has 84 valence electrons. The summed E-state index contributed by atoms with van der Waals surface area (Å²) >= 11 is 0. The second kappa shape index (κ2) is 7.07. The van der Waals surface area contributed by atoms with Crippen molar-refractivity contribution < 1.29 is 0 Å². The second-order valence-electron chi connectivity index (χ2n) is 2.94. The highest BCUT2D eigenvalue weighted by Crippen LogP contribution is 2.18. The van der Waals surface area contributed by atoms with Crippen molar-refractivity contribution in [2.75, 3.05) is 7.05 Å². The van der Waals surface area contributed by atoms with E-state index in [9.17, 15) is 0 Å². The van der Waals surface area contributed by atoms with Crippen LogP contribution in [0.5, 0.6) is 0 Å². The fourth-order valence-corrected chi connectivity index (χ4v) is 1.54. The standard InChI is InChI=1S/C10H11N.C2H6.CH5N/c1-8-7-11(2)10-6-4-3-5-9(8)10;2*1-2/h3-7H,1-2H3;1-2H3;2H2,1H3. The Morgan fingerprint density at radius 2 is 1.60 bits per heavy atom. The van der Waals surface area contributed by atoms with Gasteiger partial charge in [0.1, 0.15) is 0 Å². The van der Waals surface area contributed by atoms with Gasteiger partial charge < -0.3 is 10.3 Å². The van der Waals surface area contributed by atoms with E-state index in [-0.39, 0.29) is 0 Å². The minimum Gasteiger partial charge on any atom is -0.350 e. The number of fused-ring (bicyclic) bond motifs is 1. The summed E-state index contributed by atoms with van der Waals surface area (Å²) in [6, 6.07) is 8.45. The van der Waals surface area contributed by atoms with Crippen LogP contribution in [0.2, 0.25) is 0 Å². The first-order chi connectivity index (χ1) is 7.29. The Hall–Kier alpha value is -1.28. The Labute approximate surface area is 92.7 Å². The van der Waals surface area contributed by atoms with Crippen LogP contribution in [0.25, 0.3) is 10.9 Å². The van der Waals surface area contributed by atoms with Crippen LogP contribution in [0.15, 0.2) is 30.5 Å². The van der Waals surface area contributed by atoms with Crippen molar-refractivity contribution in [3.63, 3.8) is 0 Å². The van der Waals surface area contributed by atoms with Crippen LogP contribution >= 0.6 is 0 Å². The minimum atomic E-state index is 1.31. The van der Waals surface area contributed by atoms with Crippen LogP contribution in [-0.2, 0) is 7.05 Å². The predicted octanol–water partition coefficient (Wildman–Crippen LogP) is 3.09. The normalized spacial score (nSPS) is 8.67. The Balaban J connectivity index is 0.000000442. The molecule has 2 N–H and O–H groups in total. The summed E-state index contributed by atoms with van der Waals surface area (Å²) < 4.78 is 2.16. The van der Waals surface area contributed by atoms with Gasteiger partial charge in [0.2, 0.25) is 0 Å². The fraction of sp³-hybridized carbons (Fsp3) is 0.385. The lowest BCUT2D eigenvalue weighted by Gasteiger charge is -1.92. The van der Waals surface area contributed by atoms with E-state index in [0.29, 0.717) is 0 Å². The third-order valence-corrected chi connectivity index (χ3v) is 2.10. The van der Waals surface area contributed by atoms with Crippen LogP contribution in [0, 0.1) is 6.92 Å². The molecule has 1 aromatic carbocycles. The van der Waals surface area contributed by atoms with E-state index in [1.807, 2.05) is 13.8 Å². The first-order valence-corrected chi connectivity index (χ1v) is 5.37. The van der Waals surface area contributed by atoms with Gasteiger partial charge in [-0.1, -0.05) is 32.0 Å². The van der Waals surface area contributed by atoms with Crippen molar-refractivity contribution in [3.05, 3.63) is 36.0 Å². The first-order valence-electron chi connectivity index (χ1n) is 5.37. The fourth-order valence-electron chi connectivity index (χ4n) is 1.54. The summed E-state index contributed by atoms with van der Waals surface area (Å²) in [6.45, 7) is 6.14. The van der Waals surface area contributed by atoms with Gasteiger partial charge >= 0.3 is 0 Å². The number of hydrogen-bond acceptors (Lipinski definition) is 1. The Bertz CT molecular complexity index is 352. The number of nitrogens with two attached hydrogens (primary N) is 1. The van der Waals surface area contributed by atoms with E-state index >= 15 is 0 Å². The summed E-state index contributed by atoms with van der Waals surface area (Å²) in [5, 5.41) is 1.36. The number of aromatic nitrogens is 1. The summed E-state index contributed by atoms with van der Waals surface area (Å²) in [5.74, 6) is 0. The number of aryl methyl sites for hydroxylation is 2. The Kier molecular flexibility index (Phi) is 6.47. The SMILES string of the molecule is CC.CN.Cc1cn(C)c2ccccc12. The molecule has 0 spiro atoms. The lowest BCUT2D eigenvalue weighted by molar-refractivity contribution is 0.964. The molecule has 0 aliphatic heterocycles. The van der Waals surface area contributed by atoms with E-state index in [4.69, 9.17) is 0 Å². The molecule has 0 unspecified atom stereocenters. The molecule has 0 aliphatic rings. The second-order valence-corrected chi connectivity index (χ2v) is 2.94. The Morgan fingerprint density at radius 3 is 2.13 bits per heavy atom. The molecule has 0 amide bonds. The van der Waals surface area contributed by atoms with Gasteiger partial charge in [-0.15, -0.1) is 0 Å². The van der Waals surface area contributed by atoms with Gasteiger partial charge in [0, 0.05) is 24.1 Å². The van der Waals surface area contributed by atoms with Crippen molar-refractivity contribution in [2.24, 2.45) is 12.8 Å². The lowest BCUT2D eigenvalue weighted by Crippen LogP contribution is -1.81. The van der Waals surface area contributed by atoms with Gasteiger partial charge in [-0.05, 0) is 25.6 Å². The molecule has 0 aliphatic carbocycles. The number of nitrogens with zero attached hydrogens (tertiary/aromatic N) is 1. The van der Waals surface area contributed by atoms with Gasteiger partial charge in [-0.3, -0.25) is 0 Å². The molecule has 0 saturated carbocycles. The quantitative estimate of drug-likeness (QED) is 0.705. The molecule has 1 heterocycles. The molecule has 1 aromatic heterocycles. The number of rotatable bonds is 0. The molecule has 2 rings (SSSR count). The molecular weight excluding hydrogens is 184 g/mol. The summed E-state index contributed by atoms with van der Waals surface area (Å²) in [6.07, 6.45) is 2.16. The molecule has 0 atom stereocenters. The first kappa shape index (κ1) is 13.7. The zero-order valence-corrected chi connectivity index (χ0v) is 10.4. The molecule has 0 bridgehead atoms.